The van der Waals surface area contributed by atoms with Crippen LogP contribution in [0.5, 0.6) is 0 Å². The molecule has 0 bridgehead atoms. The smallest absolute Gasteiger partial charge is 0.673 e. The van der Waals surface area contributed by atoms with Crippen molar-refractivity contribution in [2.24, 2.45) is 5.73 Å². The number of carbonyl (C=O) groups excluding carboxylic acids is 3. The standard InChI is InChI=1S/C14H23N6O4.Cu/c15-4-2-1-3-10(14(23)24)20-13(22)11(19-12(21)6-16)5-9-7-17-8-18-9;/h7-8,10-11,16H,1-6,15H2,(H4,17,18,19,20,21,22,23,24);/q-1;+2/p-2/t10-,11-;/m0./s1. The van der Waals surface area contributed by atoms with Gasteiger partial charge in [0.05, 0.1) is 24.0 Å². The second-order valence-electron chi connectivity index (χ2n) is 5.14. The molecule has 25 heavy (non-hydrogen) atoms. The third-order valence-corrected chi connectivity index (χ3v) is 3.26. The summed E-state index contributed by atoms with van der Waals surface area (Å²) in [6, 6.07) is -2.34. The number of hydrogen-bond acceptors (Lipinski definition) is 6. The van der Waals surface area contributed by atoms with Gasteiger partial charge in [0, 0.05) is 12.1 Å². The predicted octanol–water partition coefficient (Wildman–Crippen LogP) is -1.37. The molecule has 0 aliphatic heterocycles. The SMILES string of the molecule is [Cu+2].[NH-]CC(=O)[N-][C@@H](Cc1c[nH]cn1)C(=O)N[C@@H](CCCCN)C(=O)[O-]. The Labute approximate surface area is 156 Å². The van der Waals surface area contributed by atoms with E-state index in [-0.39, 0.29) is 29.9 Å². The van der Waals surface area contributed by atoms with Crippen LogP contribution in [0.1, 0.15) is 25.0 Å². The maximum absolute atomic E-state index is 12.3. The van der Waals surface area contributed by atoms with Crippen molar-refractivity contribution in [1.29, 1.82) is 0 Å². The van der Waals surface area contributed by atoms with E-state index >= 15 is 0 Å². The first-order chi connectivity index (χ1) is 11.5. The van der Waals surface area contributed by atoms with E-state index in [4.69, 9.17) is 11.5 Å². The molecule has 2 atom stereocenters. The van der Waals surface area contributed by atoms with Gasteiger partial charge in [-0.3, -0.25) is 4.79 Å². The summed E-state index contributed by atoms with van der Waals surface area (Å²) in [5.41, 5.74) is 12.8. The Balaban J connectivity index is 0.00000576. The fourth-order valence-electron chi connectivity index (χ4n) is 2.03. The van der Waals surface area contributed by atoms with Crippen LogP contribution in [-0.4, -0.2) is 52.9 Å². The Morgan fingerprint density at radius 2 is 2.12 bits per heavy atom. The van der Waals surface area contributed by atoms with Crippen LogP contribution in [0, 0.1) is 0 Å². The molecule has 0 spiro atoms. The van der Waals surface area contributed by atoms with Gasteiger partial charge in [0.2, 0.25) is 5.91 Å². The van der Waals surface area contributed by atoms with Crippen LogP contribution in [0.3, 0.4) is 0 Å². The number of aliphatic carboxylic acids is 1. The zero-order chi connectivity index (χ0) is 17.9. The molecule has 2 amide bonds. The number of carbonyl (C=O) groups is 3. The van der Waals surface area contributed by atoms with E-state index in [2.05, 4.69) is 20.6 Å². The second kappa shape index (κ2) is 12.4. The number of unbranched alkanes of at least 4 members (excludes halogenated alkanes) is 1. The largest absolute Gasteiger partial charge is 2.00 e. The predicted molar refractivity (Wildman–Crippen MR) is 83.5 cm³/mol. The van der Waals surface area contributed by atoms with Crippen molar-refractivity contribution in [3.63, 3.8) is 0 Å². The number of imidazole rings is 1. The number of rotatable bonds is 11. The molecule has 1 radical (unpaired) electrons. The van der Waals surface area contributed by atoms with Gasteiger partial charge in [0.1, 0.15) is 0 Å². The molecule has 0 unspecified atom stereocenters. The molecule has 1 aromatic rings. The van der Waals surface area contributed by atoms with E-state index in [0.717, 1.165) is 0 Å². The van der Waals surface area contributed by atoms with Crippen molar-refractivity contribution in [3.05, 3.63) is 29.3 Å². The molecule has 0 fully saturated rings. The summed E-state index contributed by atoms with van der Waals surface area (Å²) in [6.07, 6.45) is 4.28. The Morgan fingerprint density at radius 1 is 1.40 bits per heavy atom. The number of aromatic nitrogens is 2. The normalized spacial score (nSPS) is 12.6. The van der Waals surface area contributed by atoms with Gasteiger partial charge in [-0.1, -0.05) is 0 Å². The fraction of sp³-hybridized carbons (Fsp3) is 0.571. The van der Waals surface area contributed by atoms with Crippen molar-refractivity contribution >= 4 is 17.8 Å². The minimum absolute atomic E-state index is 0. The van der Waals surface area contributed by atoms with Crippen molar-refractivity contribution in [2.75, 3.05) is 13.1 Å². The van der Waals surface area contributed by atoms with Crippen LogP contribution in [0.15, 0.2) is 12.5 Å². The van der Waals surface area contributed by atoms with E-state index in [1.165, 1.54) is 6.33 Å². The Kier molecular flexibility index (Phi) is 11.5. The van der Waals surface area contributed by atoms with Crippen molar-refractivity contribution < 1.29 is 36.6 Å². The van der Waals surface area contributed by atoms with E-state index in [1.807, 2.05) is 0 Å². The summed E-state index contributed by atoms with van der Waals surface area (Å²) in [5.74, 6) is -2.90. The van der Waals surface area contributed by atoms with Crippen LogP contribution in [0.4, 0.5) is 0 Å². The molecular weight excluding hydrogens is 380 g/mol. The molecule has 0 saturated heterocycles. The van der Waals surface area contributed by atoms with Crippen LogP contribution >= 0.6 is 0 Å². The summed E-state index contributed by atoms with van der Waals surface area (Å²) >= 11 is 0. The number of carboxylic acids is 1. The fourth-order valence-corrected chi connectivity index (χ4v) is 2.03. The number of aromatic amines is 1. The Bertz CT molecular complexity index is 539. The van der Waals surface area contributed by atoms with Gasteiger partial charge in [0.25, 0.3) is 0 Å². The molecule has 0 aliphatic rings. The number of nitrogens with one attached hydrogen (secondary N) is 3. The average molecular weight is 401 g/mol. The molecule has 0 saturated carbocycles. The number of hydrogen-bond donors (Lipinski definition) is 3. The van der Waals surface area contributed by atoms with Gasteiger partial charge < -0.3 is 41.8 Å². The maximum atomic E-state index is 12.3. The molecule has 0 aliphatic carbocycles. The second-order valence-corrected chi connectivity index (χ2v) is 5.14. The number of carboxylic acid groups (broad SMARTS) is 1. The van der Waals surface area contributed by atoms with Gasteiger partial charge in [-0.15, -0.1) is 6.54 Å². The summed E-state index contributed by atoms with van der Waals surface area (Å²) in [6.45, 7) is -0.173. The van der Waals surface area contributed by atoms with Gasteiger partial charge in [-0.2, -0.15) is 0 Å². The van der Waals surface area contributed by atoms with Crippen molar-refractivity contribution in [2.45, 2.75) is 37.8 Å². The number of H-pyrrole nitrogens is 1. The zero-order valence-electron chi connectivity index (χ0n) is 13.5. The maximum Gasteiger partial charge on any atom is 2.00 e. The number of amides is 2. The number of nitrogens with two attached hydrogens (primary N) is 1. The van der Waals surface area contributed by atoms with Crippen molar-refractivity contribution in [1.82, 2.24) is 15.3 Å². The minimum atomic E-state index is -1.41. The molecular formula is C14H21CuN6O4-. The third-order valence-electron chi connectivity index (χ3n) is 3.26. The molecule has 1 aromatic heterocycles. The monoisotopic (exact) mass is 400 g/mol. The van der Waals surface area contributed by atoms with Crippen LogP contribution in [0.2, 0.25) is 0 Å². The molecule has 143 valence electrons. The van der Waals surface area contributed by atoms with Gasteiger partial charge in [-0.25, -0.2) is 4.98 Å². The first-order valence-corrected chi connectivity index (χ1v) is 7.55. The molecule has 10 nitrogen and oxygen atoms in total. The zero-order valence-corrected chi connectivity index (χ0v) is 14.4. The van der Waals surface area contributed by atoms with Crippen LogP contribution in [0.25, 0.3) is 11.1 Å². The first kappa shape index (κ1) is 23.1. The molecule has 0 aromatic carbocycles. The summed E-state index contributed by atoms with van der Waals surface area (Å²) in [4.78, 5) is 41.5. The summed E-state index contributed by atoms with van der Waals surface area (Å²) in [5, 5.41) is 17.1. The van der Waals surface area contributed by atoms with E-state index < -0.39 is 36.4 Å². The third kappa shape index (κ3) is 8.64. The van der Waals surface area contributed by atoms with Gasteiger partial charge in [-0.05, 0) is 38.3 Å². The quantitative estimate of drug-likeness (QED) is 0.304. The Hall–Kier alpha value is -1.94. The van der Waals surface area contributed by atoms with Crippen LogP contribution in [-0.2, 0) is 37.9 Å². The average Bonchev–Trinajstić information content (AvgIpc) is 3.06. The molecule has 1 rings (SSSR count). The minimum Gasteiger partial charge on any atom is -0.673 e. The van der Waals surface area contributed by atoms with Crippen LogP contribution < -0.4 is 16.2 Å². The molecule has 5 N–H and O–H groups in total. The van der Waals surface area contributed by atoms with Gasteiger partial charge in [0.15, 0.2) is 0 Å². The van der Waals surface area contributed by atoms with Crippen molar-refractivity contribution in [3.8, 4) is 0 Å². The summed E-state index contributed by atoms with van der Waals surface area (Å²) < 4.78 is 0. The van der Waals surface area contributed by atoms with E-state index in [0.29, 0.717) is 25.1 Å². The molecule has 1 heterocycles. The molecule has 11 heteroatoms. The first-order valence-electron chi connectivity index (χ1n) is 7.55. The van der Waals surface area contributed by atoms with E-state index in [1.54, 1.807) is 6.20 Å². The van der Waals surface area contributed by atoms with E-state index in [9.17, 15) is 19.5 Å². The number of nitrogens with zero attached hydrogens (tertiary/aromatic N) is 2. The van der Waals surface area contributed by atoms with Gasteiger partial charge >= 0.3 is 17.1 Å². The summed E-state index contributed by atoms with van der Waals surface area (Å²) in [7, 11) is 0. The Morgan fingerprint density at radius 3 is 2.64 bits per heavy atom. The topological polar surface area (TPSA) is 179 Å².